The fourth-order valence-electron chi connectivity index (χ4n) is 3.37. The predicted molar refractivity (Wildman–Crippen MR) is 86.0 cm³/mol. The van der Waals surface area contributed by atoms with Crippen molar-refractivity contribution < 1.29 is 0 Å². The molecular weight excluding hydrogens is 248 g/mol. The van der Waals surface area contributed by atoms with Crippen molar-refractivity contribution in [3.63, 3.8) is 0 Å². The first-order valence-electron chi connectivity index (χ1n) is 8.29. The van der Waals surface area contributed by atoms with Crippen LogP contribution < -0.4 is 5.73 Å². The molecule has 0 bridgehead atoms. The van der Waals surface area contributed by atoms with Gasteiger partial charge in [0, 0.05) is 18.6 Å². The van der Waals surface area contributed by atoms with Gasteiger partial charge in [-0.1, -0.05) is 13.3 Å². The molecule has 1 unspecified atom stereocenters. The Balaban J connectivity index is 1.89. The van der Waals surface area contributed by atoms with Crippen LogP contribution in [0.3, 0.4) is 0 Å². The Kier molecular flexibility index (Phi) is 5.30. The van der Waals surface area contributed by atoms with Crippen LogP contribution in [-0.2, 0) is 0 Å². The van der Waals surface area contributed by atoms with Gasteiger partial charge in [0.1, 0.15) is 0 Å². The molecule has 2 rings (SSSR count). The van der Waals surface area contributed by atoms with E-state index in [4.69, 9.17) is 10.7 Å². The van der Waals surface area contributed by atoms with Crippen LogP contribution >= 0.6 is 0 Å². The van der Waals surface area contributed by atoms with E-state index < -0.39 is 0 Å². The molecular formula is C16H32N4. The van der Waals surface area contributed by atoms with E-state index in [2.05, 4.69) is 30.6 Å². The van der Waals surface area contributed by atoms with Gasteiger partial charge in [0.15, 0.2) is 5.96 Å². The smallest absolute Gasteiger partial charge is 0.191 e. The van der Waals surface area contributed by atoms with Gasteiger partial charge in [0.05, 0.1) is 6.54 Å². The fraction of sp³-hybridized carbons (Fsp3) is 0.938. The van der Waals surface area contributed by atoms with Crippen LogP contribution in [0.4, 0.5) is 0 Å². The number of guanidine groups is 1. The fourth-order valence-corrected chi connectivity index (χ4v) is 3.37. The van der Waals surface area contributed by atoms with E-state index in [1.54, 1.807) is 0 Å². The number of hydrogen-bond acceptors (Lipinski definition) is 2. The number of hydrogen-bond donors (Lipinski definition) is 1. The molecule has 116 valence electrons. The van der Waals surface area contributed by atoms with Gasteiger partial charge in [0.2, 0.25) is 0 Å². The van der Waals surface area contributed by atoms with Crippen LogP contribution in [0.1, 0.15) is 52.9 Å². The second-order valence-electron chi connectivity index (χ2n) is 7.23. The summed E-state index contributed by atoms with van der Waals surface area (Å²) in [7, 11) is 0. The molecule has 0 spiro atoms. The number of nitrogens with zero attached hydrogens (tertiary/aromatic N) is 3. The molecule has 0 radical (unpaired) electrons. The van der Waals surface area contributed by atoms with Crippen LogP contribution in [-0.4, -0.2) is 54.0 Å². The van der Waals surface area contributed by atoms with E-state index in [-0.39, 0.29) is 5.54 Å². The first-order valence-corrected chi connectivity index (χ1v) is 8.29. The highest BCUT2D eigenvalue weighted by molar-refractivity contribution is 5.78. The van der Waals surface area contributed by atoms with Crippen LogP contribution in [0.2, 0.25) is 0 Å². The third-order valence-corrected chi connectivity index (χ3v) is 4.82. The monoisotopic (exact) mass is 280 g/mol. The second kappa shape index (κ2) is 6.79. The molecule has 2 aliphatic rings. The van der Waals surface area contributed by atoms with E-state index in [0.717, 1.165) is 31.5 Å². The van der Waals surface area contributed by atoms with Crippen LogP contribution in [0.5, 0.6) is 0 Å². The van der Waals surface area contributed by atoms with E-state index in [1.807, 2.05) is 0 Å². The Bertz CT molecular complexity index is 331. The number of nitrogens with two attached hydrogens (primary N) is 1. The zero-order valence-electron chi connectivity index (χ0n) is 13.6. The first kappa shape index (κ1) is 15.6. The molecule has 2 N–H and O–H groups in total. The van der Waals surface area contributed by atoms with Gasteiger partial charge < -0.3 is 10.6 Å². The highest BCUT2D eigenvalue weighted by Crippen LogP contribution is 2.21. The van der Waals surface area contributed by atoms with Gasteiger partial charge in [-0.25, -0.2) is 0 Å². The maximum Gasteiger partial charge on any atom is 0.191 e. The van der Waals surface area contributed by atoms with E-state index in [9.17, 15) is 0 Å². The van der Waals surface area contributed by atoms with Gasteiger partial charge in [-0.3, -0.25) is 9.89 Å². The lowest BCUT2D eigenvalue weighted by Crippen LogP contribution is -2.50. The molecule has 0 aromatic carbocycles. The summed E-state index contributed by atoms with van der Waals surface area (Å²) in [5.41, 5.74) is 6.34. The Morgan fingerprint density at radius 1 is 1.15 bits per heavy atom. The lowest BCUT2D eigenvalue weighted by molar-refractivity contribution is 0.102. The lowest BCUT2D eigenvalue weighted by Gasteiger charge is -2.40. The van der Waals surface area contributed by atoms with Crippen LogP contribution in [0.15, 0.2) is 4.99 Å². The van der Waals surface area contributed by atoms with Gasteiger partial charge >= 0.3 is 0 Å². The van der Waals surface area contributed by atoms with E-state index in [1.165, 1.54) is 45.2 Å². The van der Waals surface area contributed by atoms with Gasteiger partial charge in [-0.15, -0.1) is 0 Å². The molecule has 2 saturated heterocycles. The van der Waals surface area contributed by atoms with Crippen molar-refractivity contribution in [1.29, 1.82) is 0 Å². The molecule has 0 amide bonds. The number of piperidine rings is 2. The van der Waals surface area contributed by atoms with Crippen LogP contribution in [0, 0.1) is 5.92 Å². The zero-order valence-corrected chi connectivity index (χ0v) is 13.6. The Hall–Kier alpha value is -0.770. The average Bonchev–Trinajstić information content (AvgIpc) is 2.46. The number of rotatable bonds is 3. The average molecular weight is 280 g/mol. The first-order chi connectivity index (χ1) is 9.49. The van der Waals surface area contributed by atoms with Crippen molar-refractivity contribution in [2.75, 3.05) is 32.7 Å². The van der Waals surface area contributed by atoms with Gasteiger partial charge in [-0.05, 0) is 58.5 Å². The summed E-state index contributed by atoms with van der Waals surface area (Å²) in [5, 5.41) is 0. The van der Waals surface area contributed by atoms with E-state index >= 15 is 0 Å². The standard InChI is InChI=1S/C16H32N4/c1-14-8-7-9-19(12-14)15(17)18-13-16(2,3)20-10-5-4-6-11-20/h14H,4-13H2,1-3H3,(H2,17,18). The summed E-state index contributed by atoms with van der Waals surface area (Å²) in [6, 6.07) is 0. The van der Waals surface area contributed by atoms with Crippen molar-refractivity contribution in [3.8, 4) is 0 Å². The van der Waals surface area contributed by atoms with E-state index in [0.29, 0.717) is 0 Å². The topological polar surface area (TPSA) is 44.9 Å². The summed E-state index contributed by atoms with van der Waals surface area (Å²) in [6.07, 6.45) is 6.60. The molecule has 2 fully saturated rings. The Morgan fingerprint density at radius 2 is 1.85 bits per heavy atom. The minimum Gasteiger partial charge on any atom is -0.370 e. The molecule has 4 nitrogen and oxygen atoms in total. The molecule has 0 saturated carbocycles. The van der Waals surface area contributed by atoms with Gasteiger partial charge in [-0.2, -0.15) is 0 Å². The number of likely N-dealkylation sites (tertiary alicyclic amines) is 2. The summed E-state index contributed by atoms with van der Waals surface area (Å²) in [6.45, 7) is 12.3. The second-order valence-corrected chi connectivity index (χ2v) is 7.23. The maximum atomic E-state index is 6.20. The molecule has 0 aliphatic carbocycles. The molecule has 2 heterocycles. The zero-order chi connectivity index (χ0) is 14.6. The van der Waals surface area contributed by atoms with Crippen molar-refractivity contribution in [1.82, 2.24) is 9.80 Å². The highest BCUT2D eigenvalue weighted by Gasteiger charge is 2.28. The summed E-state index contributed by atoms with van der Waals surface area (Å²) >= 11 is 0. The van der Waals surface area contributed by atoms with Crippen LogP contribution in [0.25, 0.3) is 0 Å². The maximum absolute atomic E-state index is 6.20. The summed E-state index contributed by atoms with van der Waals surface area (Å²) < 4.78 is 0. The quantitative estimate of drug-likeness (QED) is 0.637. The van der Waals surface area contributed by atoms with Crippen molar-refractivity contribution >= 4 is 5.96 Å². The van der Waals surface area contributed by atoms with Gasteiger partial charge in [0.25, 0.3) is 0 Å². The number of aliphatic imine (C=N–C) groups is 1. The molecule has 2 aliphatic heterocycles. The molecule has 0 aromatic rings. The SMILES string of the molecule is CC1CCCN(C(N)=NCC(C)(C)N2CCCCC2)C1. The Labute approximate surface area is 124 Å². The van der Waals surface area contributed by atoms with Crippen molar-refractivity contribution in [2.45, 2.75) is 58.4 Å². The minimum atomic E-state index is 0.131. The lowest BCUT2D eigenvalue weighted by atomic mass is 9.98. The summed E-state index contributed by atoms with van der Waals surface area (Å²) in [4.78, 5) is 9.55. The predicted octanol–water partition coefficient (Wildman–Crippen LogP) is 2.30. The summed E-state index contributed by atoms with van der Waals surface area (Å²) in [5.74, 6) is 1.49. The molecule has 4 heteroatoms. The molecule has 1 atom stereocenters. The molecule has 0 aromatic heterocycles. The minimum absolute atomic E-state index is 0.131. The largest absolute Gasteiger partial charge is 0.370 e. The Morgan fingerprint density at radius 3 is 2.50 bits per heavy atom. The van der Waals surface area contributed by atoms with Crippen molar-refractivity contribution in [3.05, 3.63) is 0 Å². The third kappa shape index (κ3) is 4.11. The highest BCUT2D eigenvalue weighted by atomic mass is 15.3. The van der Waals surface area contributed by atoms with Crippen molar-refractivity contribution in [2.24, 2.45) is 16.6 Å². The normalized spacial score (nSPS) is 26.9. The molecule has 20 heavy (non-hydrogen) atoms. The third-order valence-electron chi connectivity index (χ3n) is 4.82.